The van der Waals surface area contributed by atoms with Crippen LogP contribution in [0.2, 0.25) is 0 Å². The first-order valence-electron chi connectivity index (χ1n) is 7.42. The van der Waals surface area contributed by atoms with Crippen molar-refractivity contribution in [3.05, 3.63) is 65.5 Å². The molecule has 0 unspecified atom stereocenters. The standard InChI is InChI=1S/C17H15N5O2S/c1-12-6-7-15(13(2)9-12)25(23,24)21-17-14(10-18)11-20-22(17)16-5-3-4-8-19-16/h3-9,11,21H,1-2H3. The Balaban J connectivity index is 2.09. The fraction of sp³-hybridized carbons (Fsp3) is 0.118. The predicted molar refractivity (Wildman–Crippen MR) is 92.8 cm³/mol. The first-order chi connectivity index (χ1) is 11.9. The number of aryl methyl sites for hydroxylation is 2. The Labute approximate surface area is 145 Å². The van der Waals surface area contributed by atoms with Gasteiger partial charge in [0.25, 0.3) is 10.0 Å². The molecule has 0 saturated carbocycles. The van der Waals surface area contributed by atoms with Crippen LogP contribution in [-0.2, 0) is 10.0 Å². The number of aromatic nitrogens is 3. The Hall–Kier alpha value is -3.18. The third-order valence-electron chi connectivity index (χ3n) is 3.61. The van der Waals surface area contributed by atoms with Gasteiger partial charge >= 0.3 is 0 Å². The third-order valence-corrected chi connectivity index (χ3v) is 5.11. The average molecular weight is 353 g/mol. The monoisotopic (exact) mass is 353 g/mol. The lowest BCUT2D eigenvalue weighted by atomic mass is 10.2. The minimum atomic E-state index is -3.88. The number of nitrogens with zero attached hydrogens (tertiary/aromatic N) is 4. The summed E-state index contributed by atoms with van der Waals surface area (Å²) in [6, 6.07) is 12.2. The van der Waals surface area contributed by atoms with E-state index in [1.807, 2.05) is 13.0 Å². The second kappa shape index (κ2) is 6.37. The van der Waals surface area contributed by atoms with Gasteiger partial charge < -0.3 is 0 Å². The van der Waals surface area contributed by atoms with E-state index in [0.717, 1.165) is 5.56 Å². The van der Waals surface area contributed by atoms with Crippen molar-refractivity contribution in [2.75, 3.05) is 4.72 Å². The van der Waals surface area contributed by atoms with Crippen molar-refractivity contribution in [2.45, 2.75) is 18.7 Å². The molecule has 126 valence electrons. The van der Waals surface area contributed by atoms with Gasteiger partial charge in [-0.3, -0.25) is 4.72 Å². The molecule has 8 heteroatoms. The van der Waals surface area contributed by atoms with E-state index in [-0.39, 0.29) is 16.3 Å². The SMILES string of the molecule is Cc1ccc(S(=O)(=O)Nc2c(C#N)cnn2-c2ccccn2)c(C)c1. The first kappa shape index (κ1) is 16.7. The summed E-state index contributed by atoms with van der Waals surface area (Å²) in [6.45, 7) is 3.61. The third kappa shape index (κ3) is 3.22. The molecule has 3 aromatic rings. The fourth-order valence-corrected chi connectivity index (χ4v) is 3.76. The van der Waals surface area contributed by atoms with Gasteiger partial charge in [-0.1, -0.05) is 23.8 Å². The molecular weight excluding hydrogens is 338 g/mol. The van der Waals surface area contributed by atoms with Gasteiger partial charge in [-0.05, 0) is 37.6 Å². The molecule has 0 fully saturated rings. The summed E-state index contributed by atoms with van der Waals surface area (Å²) in [5.74, 6) is 0.462. The summed E-state index contributed by atoms with van der Waals surface area (Å²) in [5, 5.41) is 13.4. The highest BCUT2D eigenvalue weighted by Gasteiger charge is 2.22. The number of sulfonamides is 1. The molecule has 0 amide bonds. The van der Waals surface area contributed by atoms with Crippen LogP contribution in [0.15, 0.2) is 53.7 Å². The molecule has 0 aliphatic rings. The first-order valence-corrected chi connectivity index (χ1v) is 8.90. The number of benzene rings is 1. The minimum Gasteiger partial charge on any atom is -0.262 e. The normalized spacial score (nSPS) is 11.1. The van der Waals surface area contributed by atoms with E-state index in [0.29, 0.717) is 11.4 Å². The van der Waals surface area contributed by atoms with E-state index in [4.69, 9.17) is 0 Å². The van der Waals surface area contributed by atoms with E-state index >= 15 is 0 Å². The van der Waals surface area contributed by atoms with Gasteiger partial charge in [0.1, 0.15) is 11.6 Å². The second-order valence-electron chi connectivity index (χ2n) is 5.49. The quantitative estimate of drug-likeness (QED) is 0.777. The summed E-state index contributed by atoms with van der Waals surface area (Å²) in [6.07, 6.45) is 2.86. The fourth-order valence-electron chi connectivity index (χ4n) is 2.46. The van der Waals surface area contributed by atoms with E-state index < -0.39 is 10.0 Å². The zero-order chi connectivity index (χ0) is 18.0. The van der Waals surface area contributed by atoms with Crippen molar-refractivity contribution < 1.29 is 8.42 Å². The van der Waals surface area contributed by atoms with E-state index in [9.17, 15) is 13.7 Å². The summed E-state index contributed by atoms with van der Waals surface area (Å²) < 4.78 is 29.4. The molecule has 25 heavy (non-hydrogen) atoms. The van der Waals surface area contributed by atoms with Crippen molar-refractivity contribution in [1.82, 2.24) is 14.8 Å². The van der Waals surface area contributed by atoms with E-state index in [1.165, 1.54) is 10.9 Å². The molecule has 2 aromatic heterocycles. The van der Waals surface area contributed by atoms with Gasteiger partial charge in [0, 0.05) is 6.20 Å². The number of anilines is 1. The minimum absolute atomic E-state index is 0.0566. The average Bonchev–Trinajstić information content (AvgIpc) is 2.97. The lowest BCUT2D eigenvalue weighted by Gasteiger charge is -2.12. The number of pyridine rings is 1. The van der Waals surface area contributed by atoms with Crippen LogP contribution in [-0.4, -0.2) is 23.2 Å². The smallest absolute Gasteiger partial charge is 0.262 e. The van der Waals surface area contributed by atoms with Gasteiger partial charge in [0.2, 0.25) is 0 Å². The molecular formula is C17H15N5O2S. The summed E-state index contributed by atoms with van der Waals surface area (Å²) in [5.41, 5.74) is 1.70. The van der Waals surface area contributed by atoms with Crippen molar-refractivity contribution in [3.8, 4) is 11.9 Å². The molecule has 0 bridgehead atoms. The molecule has 1 N–H and O–H groups in total. The Morgan fingerprint density at radius 3 is 2.64 bits per heavy atom. The molecule has 0 saturated heterocycles. The van der Waals surface area contributed by atoms with Crippen LogP contribution in [0, 0.1) is 25.2 Å². The lowest BCUT2D eigenvalue weighted by molar-refractivity contribution is 0.600. The van der Waals surface area contributed by atoms with Crippen LogP contribution in [0.3, 0.4) is 0 Å². The van der Waals surface area contributed by atoms with Gasteiger partial charge in [-0.25, -0.2) is 13.4 Å². The molecule has 1 aromatic carbocycles. The lowest BCUT2D eigenvalue weighted by Crippen LogP contribution is -2.18. The van der Waals surface area contributed by atoms with E-state index in [1.54, 1.807) is 49.5 Å². The van der Waals surface area contributed by atoms with Crippen molar-refractivity contribution in [3.63, 3.8) is 0 Å². The number of hydrogen-bond acceptors (Lipinski definition) is 5. The number of nitriles is 1. The molecule has 2 heterocycles. The Bertz CT molecular complexity index is 1070. The Morgan fingerprint density at radius 1 is 1.20 bits per heavy atom. The molecule has 0 aliphatic carbocycles. The van der Waals surface area contributed by atoms with Crippen LogP contribution >= 0.6 is 0 Å². The summed E-state index contributed by atoms with van der Waals surface area (Å²) in [7, 11) is -3.88. The second-order valence-corrected chi connectivity index (χ2v) is 7.14. The van der Waals surface area contributed by atoms with Crippen LogP contribution < -0.4 is 4.72 Å². The zero-order valence-corrected chi connectivity index (χ0v) is 14.4. The molecule has 3 rings (SSSR count). The Morgan fingerprint density at radius 2 is 2.00 bits per heavy atom. The van der Waals surface area contributed by atoms with E-state index in [2.05, 4.69) is 14.8 Å². The zero-order valence-electron chi connectivity index (χ0n) is 13.6. The van der Waals surface area contributed by atoms with Crippen LogP contribution in [0.4, 0.5) is 5.82 Å². The Kier molecular flexibility index (Phi) is 4.25. The van der Waals surface area contributed by atoms with Crippen LogP contribution in [0.1, 0.15) is 16.7 Å². The topological polar surface area (TPSA) is 101 Å². The van der Waals surface area contributed by atoms with Gasteiger partial charge in [0.05, 0.1) is 11.1 Å². The van der Waals surface area contributed by atoms with Crippen LogP contribution in [0.25, 0.3) is 5.82 Å². The number of rotatable bonds is 4. The summed E-state index contributed by atoms with van der Waals surface area (Å²) >= 11 is 0. The van der Waals surface area contributed by atoms with Gasteiger partial charge in [-0.2, -0.15) is 15.0 Å². The molecule has 7 nitrogen and oxygen atoms in total. The number of nitrogens with one attached hydrogen (secondary N) is 1. The largest absolute Gasteiger partial charge is 0.263 e. The maximum Gasteiger partial charge on any atom is 0.263 e. The van der Waals surface area contributed by atoms with Gasteiger partial charge in [-0.15, -0.1) is 0 Å². The summed E-state index contributed by atoms with van der Waals surface area (Å²) in [4.78, 5) is 4.29. The maximum absolute atomic E-state index is 12.8. The molecule has 0 atom stereocenters. The highest BCUT2D eigenvalue weighted by molar-refractivity contribution is 7.92. The van der Waals surface area contributed by atoms with Crippen molar-refractivity contribution >= 4 is 15.8 Å². The highest BCUT2D eigenvalue weighted by atomic mass is 32.2. The maximum atomic E-state index is 12.8. The van der Waals surface area contributed by atoms with Crippen molar-refractivity contribution in [2.24, 2.45) is 0 Å². The molecule has 0 aliphatic heterocycles. The van der Waals surface area contributed by atoms with Gasteiger partial charge in [0.15, 0.2) is 11.6 Å². The predicted octanol–water partition coefficient (Wildman–Crippen LogP) is 2.56. The molecule has 0 spiro atoms. The van der Waals surface area contributed by atoms with Crippen molar-refractivity contribution in [1.29, 1.82) is 5.26 Å². The number of hydrogen-bond donors (Lipinski definition) is 1. The highest BCUT2D eigenvalue weighted by Crippen LogP contribution is 2.24. The molecule has 0 radical (unpaired) electrons. The van der Waals surface area contributed by atoms with Crippen LogP contribution in [0.5, 0.6) is 0 Å².